The van der Waals surface area contributed by atoms with Crippen molar-refractivity contribution in [3.8, 4) is 40.0 Å². The van der Waals surface area contributed by atoms with Crippen molar-refractivity contribution in [2.75, 3.05) is 0 Å². The highest BCUT2D eigenvalue weighted by molar-refractivity contribution is 6.17. The molecule has 10 aromatic rings. The van der Waals surface area contributed by atoms with Gasteiger partial charge in [0.25, 0.3) is 0 Å². The number of hydrogen-bond acceptors (Lipinski definition) is 7. The number of benzene rings is 4. The van der Waals surface area contributed by atoms with Crippen LogP contribution in [0, 0.1) is 0 Å². The second kappa shape index (κ2) is 12.6. The van der Waals surface area contributed by atoms with E-state index in [-0.39, 0.29) is 0 Å². The Balaban J connectivity index is 1.06. The molecule has 0 bridgehead atoms. The number of nitrogens with zero attached hydrogens (tertiary/aromatic N) is 8. The standard InChI is InChI=1S/C46H30N8O/c1-3-19-37-31(13-1)43-33(15-5-21-39(43)53(37)41-23-7-17-35(49-41)29-11-9-25-47-27-29)45-51-52-46(55-45)34-16-6-22-40-44(34)32-14-2-4-20-38(32)54(40)42-24-8-18-36(50-42)30-12-10-26-48-28-30/h1-7,9-17,19-28H,8,18H2. The van der Waals surface area contributed by atoms with Crippen LogP contribution in [0.5, 0.6) is 0 Å². The van der Waals surface area contributed by atoms with Crippen molar-refractivity contribution in [1.29, 1.82) is 0 Å². The molecule has 1 aliphatic heterocycles. The highest BCUT2D eigenvalue weighted by atomic mass is 16.4. The maximum Gasteiger partial charge on any atom is 0.248 e. The molecule has 0 spiro atoms. The molecule has 0 amide bonds. The summed E-state index contributed by atoms with van der Waals surface area (Å²) in [5.74, 6) is 2.60. The molecule has 0 aliphatic carbocycles. The SMILES string of the molecule is C1=C(n2c3ccccc3c3c(-c4nnc(-c5cccc6c5c5ccccc5n6-c5cccc(-c6cccnc6)n5)o4)cccc32)N=C(c2cccnc2)CC1. The summed E-state index contributed by atoms with van der Waals surface area (Å²) in [6, 6.07) is 43.3. The van der Waals surface area contributed by atoms with E-state index in [1.807, 2.05) is 60.9 Å². The van der Waals surface area contributed by atoms with E-state index in [9.17, 15) is 0 Å². The van der Waals surface area contributed by atoms with Gasteiger partial charge in [0.15, 0.2) is 0 Å². The fourth-order valence-corrected chi connectivity index (χ4v) is 8.01. The highest BCUT2D eigenvalue weighted by Gasteiger charge is 2.24. The number of fused-ring (bicyclic) bond motifs is 6. The predicted molar refractivity (Wildman–Crippen MR) is 218 cm³/mol. The fraction of sp³-hybridized carbons (Fsp3) is 0.0435. The first-order valence-corrected chi connectivity index (χ1v) is 18.2. The first kappa shape index (κ1) is 31.0. The van der Waals surface area contributed by atoms with E-state index in [0.29, 0.717) is 11.8 Å². The van der Waals surface area contributed by atoms with E-state index in [1.165, 1.54) is 0 Å². The molecular formula is C46H30N8O. The van der Waals surface area contributed by atoms with Crippen molar-refractivity contribution < 1.29 is 4.42 Å². The zero-order valence-corrected chi connectivity index (χ0v) is 29.4. The smallest absolute Gasteiger partial charge is 0.248 e. The van der Waals surface area contributed by atoms with Crippen molar-refractivity contribution in [3.63, 3.8) is 0 Å². The molecule has 4 aromatic carbocycles. The van der Waals surface area contributed by atoms with E-state index in [4.69, 9.17) is 19.5 Å². The quantitative estimate of drug-likeness (QED) is 0.170. The average molecular weight is 711 g/mol. The van der Waals surface area contributed by atoms with Crippen LogP contribution in [0.15, 0.2) is 168 Å². The molecular weight excluding hydrogens is 681 g/mol. The summed E-state index contributed by atoms with van der Waals surface area (Å²) in [4.78, 5) is 18.9. The number of hydrogen-bond donors (Lipinski definition) is 0. The van der Waals surface area contributed by atoms with Gasteiger partial charge in [0.05, 0.1) is 33.5 Å². The third-order valence-electron chi connectivity index (χ3n) is 10.4. The van der Waals surface area contributed by atoms with Gasteiger partial charge in [0, 0.05) is 68.6 Å². The Kier molecular flexibility index (Phi) is 7.09. The monoisotopic (exact) mass is 710 g/mol. The molecule has 0 N–H and O–H groups in total. The zero-order valence-electron chi connectivity index (χ0n) is 29.4. The number of rotatable bonds is 6. The van der Waals surface area contributed by atoms with Gasteiger partial charge in [-0.25, -0.2) is 9.98 Å². The molecule has 7 heterocycles. The average Bonchev–Trinajstić information content (AvgIpc) is 3.98. The Morgan fingerprint density at radius 3 is 1.80 bits per heavy atom. The van der Waals surface area contributed by atoms with Crippen LogP contribution in [-0.2, 0) is 0 Å². The molecule has 0 radical (unpaired) electrons. The maximum absolute atomic E-state index is 6.68. The Morgan fingerprint density at radius 2 is 1.13 bits per heavy atom. The topological polar surface area (TPSA) is 99.8 Å². The zero-order chi connectivity index (χ0) is 36.3. The van der Waals surface area contributed by atoms with E-state index < -0.39 is 0 Å². The van der Waals surface area contributed by atoms with Crippen LogP contribution in [0.4, 0.5) is 0 Å². The molecule has 11 rings (SSSR count). The summed E-state index contributed by atoms with van der Waals surface area (Å²) < 4.78 is 11.1. The lowest BCUT2D eigenvalue weighted by Crippen LogP contribution is -2.08. The van der Waals surface area contributed by atoms with Crippen LogP contribution < -0.4 is 0 Å². The molecule has 55 heavy (non-hydrogen) atoms. The number of pyridine rings is 3. The van der Waals surface area contributed by atoms with Gasteiger partial charge >= 0.3 is 0 Å². The number of aliphatic imine (C=N–C) groups is 1. The Morgan fingerprint density at radius 1 is 0.527 bits per heavy atom. The molecule has 9 heteroatoms. The number of allylic oxidation sites excluding steroid dienone is 1. The lowest BCUT2D eigenvalue weighted by Gasteiger charge is -2.16. The molecule has 9 nitrogen and oxygen atoms in total. The minimum atomic E-state index is 0.446. The molecule has 6 aromatic heterocycles. The fourth-order valence-electron chi connectivity index (χ4n) is 8.01. The highest BCUT2D eigenvalue weighted by Crippen LogP contribution is 2.42. The summed E-state index contributed by atoms with van der Waals surface area (Å²) in [7, 11) is 0. The summed E-state index contributed by atoms with van der Waals surface area (Å²) in [5, 5.41) is 13.6. The van der Waals surface area contributed by atoms with E-state index >= 15 is 0 Å². The van der Waals surface area contributed by atoms with Crippen LogP contribution in [-0.4, -0.2) is 40.0 Å². The minimum Gasteiger partial charge on any atom is -0.416 e. The molecule has 0 saturated carbocycles. The summed E-state index contributed by atoms with van der Waals surface area (Å²) in [6.45, 7) is 0. The predicted octanol–water partition coefficient (Wildman–Crippen LogP) is 10.5. The van der Waals surface area contributed by atoms with E-state index in [2.05, 4.69) is 109 Å². The van der Waals surface area contributed by atoms with Gasteiger partial charge in [-0.2, -0.15) is 0 Å². The summed E-state index contributed by atoms with van der Waals surface area (Å²) in [6.07, 6.45) is 11.2. The molecule has 260 valence electrons. The van der Waals surface area contributed by atoms with Crippen LogP contribution in [0.2, 0.25) is 0 Å². The number of para-hydroxylation sites is 2. The van der Waals surface area contributed by atoms with Crippen LogP contribution in [0.3, 0.4) is 0 Å². The van der Waals surface area contributed by atoms with Gasteiger partial charge in [-0.05, 0) is 85.6 Å². The summed E-state index contributed by atoms with van der Waals surface area (Å²) >= 11 is 0. The van der Waals surface area contributed by atoms with Gasteiger partial charge in [-0.15, -0.1) is 10.2 Å². The molecule has 0 fully saturated rings. The molecule has 0 unspecified atom stereocenters. The third-order valence-corrected chi connectivity index (χ3v) is 10.4. The normalized spacial score (nSPS) is 13.2. The van der Waals surface area contributed by atoms with Crippen LogP contribution in [0.1, 0.15) is 18.4 Å². The van der Waals surface area contributed by atoms with E-state index in [1.54, 1.807) is 12.4 Å². The van der Waals surface area contributed by atoms with Crippen molar-refractivity contribution in [2.45, 2.75) is 12.8 Å². The first-order valence-electron chi connectivity index (χ1n) is 18.2. The third kappa shape index (κ3) is 5.01. The van der Waals surface area contributed by atoms with Gasteiger partial charge in [-0.3, -0.25) is 19.1 Å². The second-order valence-corrected chi connectivity index (χ2v) is 13.5. The largest absolute Gasteiger partial charge is 0.416 e. The van der Waals surface area contributed by atoms with E-state index in [0.717, 1.165) is 102 Å². The molecule has 0 saturated heterocycles. The van der Waals surface area contributed by atoms with Gasteiger partial charge in [0.2, 0.25) is 11.8 Å². The molecule has 1 aliphatic rings. The van der Waals surface area contributed by atoms with Crippen molar-refractivity contribution in [3.05, 3.63) is 164 Å². The van der Waals surface area contributed by atoms with Crippen molar-refractivity contribution in [1.82, 2.24) is 34.3 Å². The van der Waals surface area contributed by atoms with Crippen molar-refractivity contribution in [2.24, 2.45) is 4.99 Å². The minimum absolute atomic E-state index is 0.446. The lowest BCUT2D eigenvalue weighted by atomic mass is 10.1. The Labute approximate surface area is 314 Å². The lowest BCUT2D eigenvalue weighted by molar-refractivity contribution is 0.586. The summed E-state index contributed by atoms with van der Waals surface area (Å²) in [5.41, 5.74) is 9.71. The Hall–Kier alpha value is -7.52. The molecule has 0 atom stereocenters. The number of aromatic nitrogens is 7. The van der Waals surface area contributed by atoms with Gasteiger partial charge < -0.3 is 4.42 Å². The second-order valence-electron chi connectivity index (χ2n) is 13.5. The van der Waals surface area contributed by atoms with Crippen LogP contribution >= 0.6 is 0 Å². The first-order chi connectivity index (χ1) is 27.3. The van der Waals surface area contributed by atoms with Crippen LogP contribution in [0.25, 0.3) is 89.4 Å². The van der Waals surface area contributed by atoms with Gasteiger partial charge in [0.1, 0.15) is 11.6 Å². The van der Waals surface area contributed by atoms with Gasteiger partial charge in [-0.1, -0.05) is 60.7 Å². The Bertz CT molecular complexity index is 3150. The maximum atomic E-state index is 6.68. The van der Waals surface area contributed by atoms with Crippen molar-refractivity contribution >= 4 is 55.1 Å².